The van der Waals surface area contributed by atoms with Crippen LogP contribution in [0.5, 0.6) is 0 Å². The molecule has 0 saturated heterocycles. The van der Waals surface area contributed by atoms with Crippen LogP contribution in [0.15, 0.2) is 152 Å². The SMILES string of the molecule is c1ccc(-c2ccc(-n3ccc4c5ccccc5n(-c5nc(-c6ccccc6)nc(-c6ccccc6)n5)c43)cc2)cc1. The van der Waals surface area contributed by atoms with E-state index >= 15 is 0 Å². The van der Waals surface area contributed by atoms with E-state index in [0.717, 1.165) is 38.8 Å². The Morgan fingerprint density at radius 2 is 0.929 bits per heavy atom. The highest BCUT2D eigenvalue weighted by molar-refractivity contribution is 6.08. The monoisotopic (exact) mass is 539 g/mol. The van der Waals surface area contributed by atoms with Crippen molar-refractivity contribution in [2.75, 3.05) is 0 Å². The molecule has 0 fully saturated rings. The van der Waals surface area contributed by atoms with Crippen molar-refractivity contribution in [3.05, 3.63) is 152 Å². The van der Waals surface area contributed by atoms with Gasteiger partial charge in [-0.2, -0.15) is 9.97 Å². The van der Waals surface area contributed by atoms with Gasteiger partial charge in [0.2, 0.25) is 5.95 Å². The Labute approximate surface area is 243 Å². The summed E-state index contributed by atoms with van der Waals surface area (Å²) in [5.41, 5.74) is 7.38. The topological polar surface area (TPSA) is 48.5 Å². The van der Waals surface area contributed by atoms with Gasteiger partial charge in [-0.3, -0.25) is 4.57 Å². The molecule has 0 bridgehead atoms. The third-order valence-electron chi connectivity index (χ3n) is 7.65. The van der Waals surface area contributed by atoms with E-state index in [2.05, 4.69) is 94.2 Å². The van der Waals surface area contributed by atoms with Crippen LogP contribution in [0.25, 0.3) is 67.5 Å². The van der Waals surface area contributed by atoms with Gasteiger partial charge in [0, 0.05) is 33.8 Å². The third kappa shape index (κ3) is 4.07. The first kappa shape index (κ1) is 24.0. The first-order chi connectivity index (χ1) is 20.8. The number of hydrogen-bond acceptors (Lipinski definition) is 3. The molecule has 0 amide bonds. The van der Waals surface area contributed by atoms with Gasteiger partial charge < -0.3 is 4.57 Å². The average Bonchev–Trinajstić information content (AvgIpc) is 3.64. The molecule has 0 unspecified atom stereocenters. The molecule has 0 aliphatic heterocycles. The zero-order valence-electron chi connectivity index (χ0n) is 22.7. The minimum atomic E-state index is 0.578. The summed E-state index contributed by atoms with van der Waals surface area (Å²) >= 11 is 0. The minimum Gasteiger partial charge on any atom is -0.302 e. The van der Waals surface area contributed by atoms with Crippen LogP contribution in [0.1, 0.15) is 0 Å². The number of nitrogens with zero attached hydrogens (tertiary/aromatic N) is 5. The van der Waals surface area contributed by atoms with Gasteiger partial charge in [0.25, 0.3) is 0 Å². The third-order valence-corrected chi connectivity index (χ3v) is 7.65. The zero-order chi connectivity index (χ0) is 27.9. The fraction of sp³-hybridized carbons (Fsp3) is 0. The van der Waals surface area contributed by atoms with Crippen LogP contribution in [0.4, 0.5) is 0 Å². The van der Waals surface area contributed by atoms with Crippen molar-refractivity contribution in [1.82, 2.24) is 24.1 Å². The quantitative estimate of drug-likeness (QED) is 0.220. The van der Waals surface area contributed by atoms with E-state index < -0.39 is 0 Å². The van der Waals surface area contributed by atoms with Crippen molar-refractivity contribution in [1.29, 1.82) is 0 Å². The Balaban J connectivity index is 1.37. The number of rotatable bonds is 5. The zero-order valence-corrected chi connectivity index (χ0v) is 22.7. The van der Waals surface area contributed by atoms with Crippen LogP contribution >= 0.6 is 0 Å². The van der Waals surface area contributed by atoms with E-state index in [1.165, 1.54) is 11.1 Å². The Kier molecular flexibility index (Phi) is 5.71. The lowest BCUT2D eigenvalue weighted by molar-refractivity contribution is 0.928. The molecule has 3 heterocycles. The molecule has 0 N–H and O–H groups in total. The summed E-state index contributed by atoms with van der Waals surface area (Å²) in [5.74, 6) is 1.85. The van der Waals surface area contributed by atoms with Gasteiger partial charge in [-0.15, -0.1) is 0 Å². The van der Waals surface area contributed by atoms with Gasteiger partial charge in [-0.05, 0) is 35.4 Å². The number of fused-ring (bicyclic) bond motifs is 3. The standard InChI is InChI=1S/C37H25N5/c1-4-12-26(13-5-1)27-20-22-30(23-21-27)41-25-24-32-31-18-10-11-19-33(31)42(36(32)41)37-39-34(28-14-6-2-7-15-28)38-35(40-37)29-16-8-3-9-17-29/h1-25H. The molecule has 8 aromatic rings. The van der Waals surface area contributed by atoms with Crippen molar-refractivity contribution >= 4 is 21.9 Å². The molecule has 42 heavy (non-hydrogen) atoms. The van der Waals surface area contributed by atoms with Crippen LogP contribution in [0, 0.1) is 0 Å². The molecule has 0 radical (unpaired) electrons. The second kappa shape index (κ2) is 9.98. The normalized spacial score (nSPS) is 11.3. The molecule has 8 rings (SSSR count). The van der Waals surface area contributed by atoms with Crippen LogP contribution < -0.4 is 0 Å². The van der Waals surface area contributed by atoms with Crippen molar-refractivity contribution in [3.63, 3.8) is 0 Å². The number of hydrogen-bond donors (Lipinski definition) is 0. The average molecular weight is 540 g/mol. The van der Waals surface area contributed by atoms with E-state index in [9.17, 15) is 0 Å². The molecule has 3 aromatic heterocycles. The van der Waals surface area contributed by atoms with E-state index in [-0.39, 0.29) is 0 Å². The molecular weight excluding hydrogens is 514 g/mol. The second-order valence-corrected chi connectivity index (χ2v) is 10.2. The molecule has 5 heteroatoms. The Morgan fingerprint density at radius 1 is 0.405 bits per heavy atom. The van der Waals surface area contributed by atoms with Crippen molar-refractivity contribution in [2.24, 2.45) is 0 Å². The fourth-order valence-electron chi connectivity index (χ4n) is 5.63. The van der Waals surface area contributed by atoms with Crippen LogP contribution in [0.3, 0.4) is 0 Å². The van der Waals surface area contributed by atoms with Gasteiger partial charge in [-0.1, -0.05) is 121 Å². The molecule has 0 spiro atoms. The molecule has 198 valence electrons. The highest BCUT2D eigenvalue weighted by atomic mass is 15.2. The predicted octanol–water partition coefficient (Wildman–Crippen LogP) is 8.76. The molecule has 5 nitrogen and oxygen atoms in total. The lowest BCUT2D eigenvalue weighted by Crippen LogP contribution is -2.08. The largest absolute Gasteiger partial charge is 0.302 e. The van der Waals surface area contributed by atoms with Crippen molar-refractivity contribution in [2.45, 2.75) is 0 Å². The Morgan fingerprint density at radius 3 is 1.55 bits per heavy atom. The summed E-state index contributed by atoms with van der Waals surface area (Å²) in [5, 5.41) is 2.29. The van der Waals surface area contributed by atoms with Crippen LogP contribution in [0.2, 0.25) is 0 Å². The van der Waals surface area contributed by atoms with E-state index in [1.807, 2.05) is 66.7 Å². The van der Waals surface area contributed by atoms with Gasteiger partial charge in [-0.25, -0.2) is 4.98 Å². The van der Waals surface area contributed by atoms with Crippen molar-refractivity contribution < 1.29 is 0 Å². The molecule has 0 atom stereocenters. The van der Waals surface area contributed by atoms with Crippen LogP contribution in [-0.4, -0.2) is 24.1 Å². The summed E-state index contributed by atoms with van der Waals surface area (Å²) in [6.07, 6.45) is 2.13. The maximum absolute atomic E-state index is 5.07. The van der Waals surface area contributed by atoms with E-state index in [1.54, 1.807) is 0 Å². The number of para-hydroxylation sites is 1. The highest BCUT2D eigenvalue weighted by Gasteiger charge is 2.20. The molecule has 0 saturated carbocycles. The smallest absolute Gasteiger partial charge is 0.239 e. The first-order valence-corrected chi connectivity index (χ1v) is 14.0. The van der Waals surface area contributed by atoms with Gasteiger partial charge in [0.15, 0.2) is 11.6 Å². The molecule has 0 aliphatic rings. The fourth-order valence-corrected chi connectivity index (χ4v) is 5.63. The number of aromatic nitrogens is 5. The number of benzene rings is 5. The Hall–Kier alpha value is -5.81. The predicted molar refractivity (Wildman–Crippen MR) is 170 cm³/mol. The molecular formula is C37H25N5. The maximum atomic E-state index is 5.07. The summed E-state index contributed by atoms with van der Waals surface area (Å²) in [6, 6.07) is 49.9. The maximum Gasteiger partial charge on any atom is 0.239 e. The van der Waals surface area contributed by atoms with Crippen LogP contribution in [-0.2, 0) is 0 Å². The minimum absolute atomic E-state index is 0.578. The van der Waals surface area contributed by atoms with Gasteiger partial charge in [0.1, 0.15) is 5.65 Å². The summed E-state index contributed by atoms with van der Waals surface area (Å²) < 4.78 is 4.38. The summed E-state index contributed by atoms with van der Waals surface area (Å²) in [7, 11) is 0. The van der Waals surface area contributed by atoms with E-state index in [0.29, 0.717) is 17.6 Å². The molecule has 5 aromatic carbocycles. The van der Waals surface area contributed by atoms with Gasteiger partial charge in [0.05, 0.1) is 5.52 Å². The molecule has 0 aliphatic carbocycles. The second-order valence-electron chi connectivity index (χ2n) is 10.2. The highest BCUT2D eigenvalue weighted by Crippen LogP contribution is 2.34. The van der Waals surface area contributed by atoms with E-state index in [4.69, 9.17) is 15.0 Å². The summed E-state index contributed by atoms with van der Waals surface area (Å²) in [4.78, 5) is 15.0. The Bertz CT molecular complexity index is 2100. The lowest BCUT2D eigenvalue weighted by Gasteiger charge is -2.13. The van der Waals surface area contributed by atoms with Crippen molar-refractivity contribution in [3.8, 4) is 45.5 Å². The van der Waals surface area contributed by atoms with Gasteiger partial charge >= 0.3 is 0 Å². The lowest BCUT2D eigenvalue weighted by atomic mass is 10.1. The summed E-state index contributed by atoms with van der Waals surface area (Å²) in [6.45, 7) is 0. The first-order valence-electron chi connectivity index (χ1n) is 14.0.